The minimum Gasteiger partial charge on any atom is -0.456 e. The van der Waals surface area contributed by atoms with Crippen LogP contribution in [0.4, 0.5) is 10.5 Å². The van der Waals surface area contributed by atoms with E-state index in [-0.39, 0.29) is 18.0 Å². The largest absolute Gasteiger partial charge is 0.456 e. The molecule has 1 heterocycles. The number of aryl methyl sites for hydroxylation is 1. The van der Waals surface area contributed by atoms with Crippen LogP contribution >= 0.6 is 0 Å². The fraction of sp³-hybridized carbons (Fsp3) is 0.417. The summed E-state index contributed by atoms with van der Waals surface area (Å²) < 4.78 is 8.04. The molecule has 0 saturated heterocycles. The number of carbonyl (C=O) groups excluding carboxylic acids is 2. The number of urea groups is 1. The lowest BCUT2D eigenvalue weighted by Gasteiger charge is -2.22. The number of esters is 1. The second-order valence-electron chi connectivity index (χ2n) is 12.6. The zero-order valence-corrected chi connectivity index (χ0v) is 25.9. The normalized spacial score (nSPS) is 14.0. The molecule has 4 aromatic rings. The zero-order valence-electron chi connectivity index (χ0n) is 25.9. The van der Waals surface area contributed by atoms with Crippen molar-refractivity contribution >= 4 is 28.7 Å². The number of hydrogen-bond acceptors (Lipinski definition) is 4. The SMILES string of the molecule is CCCCc1nc2ccc(NC(=O)NC3CCCCC3)cc2n1Cc1ccc(-c2ccccc2)c(C(=O)OC(C)(C)C)c1. The molecule has 7 nitrogen and oxygen atoms in total. The minimum atomic E-state index is -0.610. The Kier molecular flexibility index (Phi) is 9.49. The lowest BCUT2D eigenvalue weighted by molar-refractivity contribution is 0.00702. The highest BCUT2D eigenvalue weighted by Crippen LogP contribution is 2.29. The number of nitrogens with zero attached hydrogens (tertiary/aromatic N) is 2. The van der Waals surface area contributed by atoms with Gasteiger partial charge in [-0.05, 0) is 81.0 Å². The maximum absolute atomic E-state index is 13.4. The number of imidazole rings is 1. The Balaban J connectivity index is 1.47. The van der Waals surface area contributed by atoms with E-state index in [0.717, 1.165) is 71.3 Å². The van der Waals surface area contributed by atoms with Gasteiger partial charge in [-0.15, -0.1) is 0 Å². The fourth-order valence-electron chi connectivity index (χ4n) is 5.80. The van der Waals surface area contributed by atoms with Crippen molar-refractivity contribution in [2.45, 2.75) is 97.2 Å². The van der Waals surface area contributed by atoms with Crippen LogP contribution in [-0.2, 0) is 17.7 Å². The number of rotatable bonds is 9. The first-order valence-corrected chi connectivity index (χ1v) is 15.7. The van der Waals surface area contributed by atoms with E-state index in [0.29, 0.717) is 12.1 Å². The summed E-state index contributed by atoms with van der Waals surface area (Å²) in [5, 5.41) is 6.18. The van der Waals surface area contributed by atoms with Crippen LogP contribution in [0.3, 0.4) is 0 Å². The van der Waals surface area contributed by atoms with Gasteiger partial charge in [-0.25, -0.2) is 14.6 Å². The third kappa shape index (κ3) is 7.83. The molecule has 43 heavy (non-hydrogen) atoms. The minimum absolute atomic E-state index is 0.165. The van der Waals surface area contributed by atoms with Crippen LogP contribution in [0.5, 0.6) is 0 Å². The van der Waals surface area contributed by atoms with E-state index in [1.54, 1.807) is 0 Å². The van der Waals surface area contributed by atoms with Crippen molar-refractivity contribution in [2.75, 3.05) is 5.32 Å². The number of amides is 2. The van der Waals surface area contributed by atoms with Crippen molar-refractivity contribution in [1.29, 1.82) is 0 Å². The average Bonchev–Trinajstić information content (AvgIpc) is 3.32. The van der Waals surface area contributed by atoms with Crippen LogP contribution in [0.15, 0.2) is 66.7 Å². The predicted molar refractivity (Wildman–Crippen MR) is 174 cm³/mol. The quantitative estimate of drug-likeness (QED) is 0.194. The summed E-state index contributed by atoms with van der Waals surface area (Å²) in [4.78, 5) is 31.2. The predicted octanol–water partition coefficient (Wildman–Crippen LogP) is 8.50. The Morgan fingerprint density at radius 2 is 1.74 bits per heavy atom. The molecule has 0 bridgehead atoms. The number of ether oxygens (including phenoxy) is 1. The van der Waals surface area contributed by atoms with Crippen molar-refractivity contribution in [2.24, 2.45) is 0 Å². The Morgan fingerprint density at radius 3 is 2.47 bits per heavy atom. The third-order valence-corrected chi connectivity index (χ3v) is 7.91. The van der Waals surface area contributed by atoms with Gasteiger partial charge in [0.15, 0.2) is 0 Å². The summed E-state index contributed by atoms with van der Waals surface area (Å²) in [6.45, 7) is 8.37. The number of hydrogen-bond donors (Lipinski definition) is 2. The van der Waals surface area contributed by atoms with Gasteiger partial charge < -0.3 is 19.9 Å². The van der Waals surface area contributed by atoms with Gasteiger partial charge >= 0.3 is 12.0 Å². The highest BCUT2D eigenvalue weighted by atomic mass is 16.6. The average molecular weight is 581 g/mol. The van der Waals surface area contributed by atoms with Crippen LogP contribution in [-0.4, -0.2) is 33.2 Å². The van der Waals surface area contributed by atoms with Gasteiger partial charge in [-0.2, -0.15) is 0 Å². The molecule has 2 N–H and O–H groups in total. The molecule has 226 valence electrons. The number of aromatic nitrogens is 2. The molecular formula is C36H44N4O3. The molecule has 7 heteroatoms. The standard InChI is InChI=1S/C36H44N4O3/c1-5-6-17-33-39-31-21-19-28(38-35(42)37-27-15-11-8-12-16-27)23-32(31)40(33)24-25-18-20-29(26-13-9-7-10-14-26)30(22-25)34(41)43-36(2,3)4/h7,9-10,13-14,18-23,27H,5-6,8,11-12,15-17,24H2,1-4H3,(H2,37,38,42). The molecule has 1 aromatic heterocycles. The zero-order chi connectivity index (χ0) is 30.4. The van der Waals surface area contributed by atoms with Gasteiger partial charge in [0.1, 0.15) is 11.4 Å². The number of unbranched alkanes of at least 4 members (excludes halogenated alkanes) is 1. The number of anilines is 1. The van der Waals surface area contributed by atoms with Crippen molar-refractivity contribution in [3.8, 4) is 11.1 Å². The van der Waals surface area contributed by atoms with E-state index in [1.807, 2.05) is 81.4 Å². The Morgan fingerprint density at radius 1 is 0.977 bits per heavy atom. The molecule has 0 radical (unpaired) electrons. The van der Waals surface area contributed by atoms with E-state index >= 15 is 0 Å². The smallest absolute Gasteiger partial charge is 0.339 e. The van der Waals surface area contributed by atoms with Crippen molar-refractivity contribution in [1.82, 2.24) is 14.9 Å². The van der Waals surface area contributed by atoms with E-state index in [2.05, 4.69) is 28.2 Å². The molecule has 2 amide bonds. The van der Waals surface area contributed by atoms with Crippen LogP contribution in [0.2, 0.25) is 0 Å². The molecule has 5 rings (SSSR count). The van der Waals surface area contributed by atoms with Gasteiger partial charge in [-0.3, -0.25) is 0 Å². The molecule has 3 aromatic carbocycles. The van der Waals surface area contributed by atoms with Gasteiger partial charge in [0.05, 0.1) is 16.6 Å². The molecule has 0 unspecified atom stereocenters. The van der Waals surface area contributed by atoms with Crippen molar-refractivity contribution in [3.63, 3.8) is 0 Å². The molecule has 1 aliphatic rings. The number of nitrogens with one attached hydrogen (secondary N) is 2. The maximum atomic E-state index is 13.4. The van der Waals surface area contributed by atoms with Crippen molar-refractivity contribution < 1.29 is 14.3 Å². The van der Waals surface area contributed by atoms with E-state index in [1.165, 1.54) is 19.3 Å². The molecule has 0 atom stereocenters. The van der Waals surface area contributed by atoms with Crippen molar-refractivity contribution in [3.05, 3.63) is 83.7 Å². The summed E-state index contributed by atoms with van der Waals surface area (Å²) in [5.41, 5.74) is 5.29. The summed E-state index contributed by atoms with van der Waals surface area (Å²) in [5.74, 6) is 0.650. The highest BCUT2D eigenvalue weighted by Gasteiger charge is 2.22. The van der Waals surface area contributed by atoms with Crippen LogP contribution in [0.25, 0.3) is 22.2 Å². The van der Waals surface area contributed by atoms with Gasteiger partial charge in [0.25, 0.3) is 0 Å². The van der Waals surface area contributed by atoms with Crippen LogP contribution < -0.4 is 10.6 Å². The number of carbonyl (C=O) groups is 2. The summed E-state index contributed by atoms with van der Waals surface area (Å²) in [6, 6.07) is 21.9. The summed E-state index contributed by atoms with van der Waals surface area (Å²) >= 11 is 0. The molecule has 1 fully saturated rings. The number of benzene rings is 3. The Hall–Kier alpha value is -4.13. The lowest BCUT2D eigenvalue weighted by atomic mass is 9.96. The molecule has 1 aliphatic carbocycles. The molecule has 0 spiro atoms. The maximum Gasteiger partial charge on any atom is 0.339 e. The second kappa shape index (κ2) is 13.4. The van der Waals surface area contributed by atoms with Crippen LogP contribution in [0.1, 0.15) is 94.4 Å². The first-order chi connectivity index (χ1) is 20.7. The molecular weight excluding hydrogens is 536 g/mol. The fourth-order valence-corrected chi connectivity index (χ4v) is 5.80. The second-order valence-corrected chi connectivity index (χ2v) is 12.6. The van der Waals surface area contributed by atoms with Gasteiger partial charge in [0, 0.05) is 24.7 Å². The van der Waals surface area contributed by atoms with E-state index < -0.39 is 5.60 Å². The first-order valence-electron chi connectivity index (χ1n) is 15.7. The highest BCUT2D eigenvalue weighted by molar-refractivity contribution is 5.98. The monoisotopic (exact) mass is 580 g/mol. The molecule has 1 saturated carbocycles. The van der Waals surface area contributed by atoms with Crippen LogP contribution in [0, 0.1) is 0 Å². The number of fused-ring (bicyclic) bond motifs is 1. The Bertz CT molecular complexity index is 1560. The van der Waals surface area contributed by atoms with Gasteiger partial charge in [-0.1, -0.05) is 75.1 Å². The molecule has 0 aliphatic heterocycles. The topological polar surface area (TPSA) is 85.3 Å². The summed E-state index contributed by atoms with van der Waals surface area (Å²) in [6.07, 6.45) is 8.58. The third-order valence-electron chi connectivity index (χ3n) is 7.91. The van der Waals surface area contributed by atoms with Gasteiger partial charge in [0.2, 0.25) is 0 Å². The lowest BCUT2D eigenvalue weighted by Crippen LogP contribution is -2.39. The summed E-state index contributed by atoms with van der Waals surface area (Å²) in [7, 11) is 0. The van der Waals surface area contributed by atoms with E-state index in [9.17, 15) is 9.59 Å². The first kappa shape index (κ1) is 30.3. The Labute approximate surface area is 255 Å². The van der Waals surface area contributed by atoms with E-state index in [4.69, 9.17) is 9.72 Å².